The molecule has 2 atom stereocenters. The third-order valence-corrected chi connectivity index (χ3v) is 3.55. The number of carboxylic acids is 1. The lowest BCUT2D eigenvalue weighted by molar-refractivity contribution is -0.142. The highest BCUT2D eigenvalue weighted by atomic mass is 16.4. The topological polar surface area (TPSA) is 111 Å². The number of amides is 2. The van der Waals surface area contributed by atoms with Gasteiger partial charge in [0.25, 0.3) is 0 Å². The van der Waals surface area contributed by atoms with Gasteiger partial charge in [0, 0.05) is 19.5 Å². The number of aromatic amines is 1. The molecule has 2 amide bonds. The molecule has 2 unspecified atom stereocenters. The van der Waals surface area contributed by atoms with Crippen LogP contribution in [0.1, 0.15) is 25.6 Å². The minimum absolute atomic E-state index is 0.00700. The molecule has 1 aromatic rings. The zero-order valence-corrected chi connectivity index (χ0v) is 11.4. The van der Waals surface area contributed by atoms with Crippen molar-refractivity contribution in [3.05, 3.63) is 12.2 Å². The van der Waals surface area contributed by atoms with Gasteiger partial charge in [-0.1, -0.05) is 6.92 Å². The Kier molecular flexibility index (Phi) is 4.54. The number of rotatable bonds is 5. The van der Waals surface area contributed by atoms with E-state index in [0.29, 0.717) is 19.5 Å². The lowest BCUT2D eigenvalue weighted by atomic mass is 10.0. The second kappa shape index (κ2) is 6.36. The molecule has 8 heteroatoms. The average molecular weight is 281 g/mol. The molecule has 2 rings (SSSR count). The molecule has 2 heterocycles. The average Bonchev–Trinajstić information content (AvgIpc) is 3.03. The Morgan fingerprint density at radius 1 is 1.60 bits per heavy atom. The van der Waals surface area contributed by atoms with Crippen molar-refractivity contribution in [1.82, 2.24) is 25.4 Å². The number of H-pyrrole nitrogens is 1. The number of aromatic nitrogens is 3. The summed E-state index contributed by atoms with van der Waals surface area (Å²) in [6, 6.07) is -1.02. The molecule has 110 valence electrons. The van der Waals surface area contributed by atoms with Crippen molar-refractivity contribution in [3.63, 3.8) is 0 Å². The number of nitrogens with one attached hydrogen (secondary N) is 2. The van der Waals surface area contributed by atoms with Crippen LogP contribution in [0.2, 0.25) is 0 Å². The number of nitrogens with zero attached hydrogens (tertiary/aromatic N) is 3. The third kappa shape index (κ3) is 3.25. The zero-order chi connectivity index (χ0) is 14.5. The predicted octanol–water partition coefficient (Wildman–Crippen LogP) is 0.242. The van der Waals surface area contributed by atoms with Crippen molar-refractivity contribution in [2.45, 2.75) is 32.2 Å². The zero-order valence-electron chi connectivity index (χ0n) is 11.4. The van der Waals surface area contributed by atoms with E-state index in [-0.39, 0.29) is 11.9 Å². The maximum Gasteiger partial charge on any atom is 0.326 e. The van der Waals surface area contributed by atoms with E-state index in [1.165, 1.54) is 11.2 Å². The number of carboxylic acid groups (broad SMARTS) is 1. The molecule has 0 aromatic carbocycles. The van der Waals surface area contributed by atoms with E-state index in [1.807, 2.05) is 6.92 Å². The van der Waals surface area contributed by atoms with Crippen LogP contribution < -0.4 is 5.32 Å². The Morgan fingerprint density at radius 3 is 3.05 bits per heavy atom. The van der Waals surface area contributed by atoms with Gasteiger partial charge in [0.2, 0.25) is 0 Å². The van der Waals surface area contributed by atoms with Crippen LogP contribution in [-0.4, -0.2) is 56.3 Å². The minimum atomic E-state index is -0.938. The summed E-state index contributed by atoms with van der Waals surface area (Å²) in [6.45, 7) is 2.83. The van der Waals surface area contributed by atoms with Crippen LogP contribution in [0.25, 0.3) is 0 Å². The number of hydrogen-bond acceptors (Lipinski definition) is 4. The van der Waals surface area contributed by atoms with Crippen LogP contribution in [0.4, 0.5) is 4.79 Å². The molecule has 1 saturated heterocycles. The van der Waals surface area contributed by atoms with Crippen LogP contribution in [0.5, 0.6) is 0 Å². The molecule has 1 fully saturated rings. The summed E-state index contributed by atoms with van der Waals surface area (Å²) < 4.78 is 0. The van der Waals surface area contributed by atoms with Gasteiger partial charge in [0.05, 0.1) is 0 Å². The summed E-state index contributed by atoms with van der Waals surface area (Å²) in [5.74, 6) is -0.170. The molecular weight excluding hydrogens is 262 g/mol. The summed E-state index contributed by atoms with van der Waals surface area (Å²) in [5, 5.41) is 18.4. The van der Waals surface area contributed by atoms with Crippen molar-refractivity contribution in [2.24, 2.45) is 5.92 Å². The normalized spacial score (nSPS) is 21.9. The third-order valence-electron chi connectivity index (χ3n) is 3.55. The van der Waals surface area contributed by atoms with E-state index >= 15 is 0 Å². The van der Waals surface area contributed by atoms with E-state index in [9.17, 15) is 9.59 Å². The maximum atomic E-state index is 12.0. The molecule has 0 spiro atoms. The van der Waals surface area contributed by atoms with Crippen molar-refractivity contribution < 1.29 is 14.7 Å². The molecule has 3 N–H and O–H groups in total. The van der Waals surface area contributed by atoms with Gasteiger partial charge >= 0.3 is 12.0 Å². The monoisotopic (exact) mass is 281 g/mol. The van der Waals surface area contributed by atoms with Gasteiger partial charge < -0.3 is 15.3 Å². The number of hydrogen-bond donors (Lipinski definition) is 3. The van der Waals surface area contributed by atoms with Crippen LogP contribution in [0, 0.1) is 5.92 Å². The first-order chi connectivity index (χ1) is 9.59. The predicted molar refractivity (Wildman–Crippen MR) is 70.0 cm³/mol. The molecule has 1 aliphatic heterocycles. The lowest BCUT2D eigenvalue weighted by Gasteiger charge is -2.23. The minimum Gasteiger partial charge on any atom is -0.480 e. The molecule has 1 aliphatic rings. The van der Waals surface area contributed by atoms with E-state index in [2.05, 4.69) is 20.5 Å². The quantitative estimate of drug-likeness (QED) is 0.669. The fourth-order valence-corrected chi connectivity index (χ4v) is 2.46. The van der Waals surface area contributed by atoms with Crippen LogP contribution in [-0.2, 0) is 11.2 Å². The molecule has 8 nitrogen and oxygen atoms in total. The molecule has 0 saturated carbocycles. The number of urea groups is 1. The summed E-state index contributed by atoms with van der Waals surface area (Å²) >= 11 is 0. The lowest BCUT2D eigenvalue weighted by Crippen LogP contribution is -2.47. The van der Waals surface area contributed by atoms with Crippen molar-refractivity contribution in [1.29, 1.82) is 0 Å². The van der Waals surface area contributed by atoms with E-state index in [1.54, 1.807) is 0 Å². The second-order valence-corrected chi connectivity index (χ2v) is 5.01. The molecule has 20 heavy (non-hydrogen) atoms. The first-order valence-corrected chi connectivity index (χ1v) is 6.71. The van der Waals surface area contributed by atoms with Gasteiger partial charge in [0.15, 0.2) is 0 Å². The van der Waals surface area contributed by atoms with Crippen molar-refractivity contribution in [2.75, 3.05) is 13.1 Å². The smallest absolute Gasteiger partial charge is 0.326 e. The Hall–Kier alpha value is -2.12. The molecular formula is C12H19N5O3. The summed E-state index contributed by atoms with van der Waals surface area (Å²) in [6.07, 6.45) is 3.58. The number of aliphatic carboxylic acids is 1. The Labute approximate surface area is 116 Å². The molecule has 0 radical (unpaired) electrons. The molecule has 1 aromatic heterocycles. The fraction of sp³-hybridized carbons (Fsp3) is 0.667. The van der Waals surface area contributed by atoms with Crippen LogP contribution in [0.15, 0.2) is 6.33 Å². The fourth-order valence-electron chi connectivity index (χ4n) is 2.46. The maximum absolute atomic E-state index is 12.0. The number of likely N-dealkylation sites (tertiary alicyclic amines) is 1. The van der Waals surface area contributed by atoms with Gasteiger partial charge in [-0.15, -0.1) is 0 Å². The van der Waals surface area contributed by atoms with E-state index in [4.69, 9.17) is 5.11 Å². The number of carbonyl (C=O) groups excluding carboxylic acids is 1. The van der Waals surface area contributed by atoms with Gasteiger partial charge in [0.1, 0.15) is 18.2 Å². The number of aryl methyl sites for hydroxylation is 1. The van der Waals surface area contributed by atoms with E-state index < -0.39 is 12.0 Å². The summed E-state index contributed by atoms with van der Waals surface area (Å²) in [7, 11) is 0. The van der Waals surface area contributed by atoms with Crippen molar-refractivity contribution >= 4 is 12.0 Å². The van der Waals surface area contributed by atoms with Crippen LogP contribution >= 0.6 is 0 Å². The molecule has 0 aliphatic carbocycles. The summed E-state index contributed by atoms with van der Waals surface area (Å²) in [5.41, 5.74) is 0. The van der Waals surface area contributed by atoms with Crippen LogP contribution in [0.3, 0.4) is 0 Å². The first-order valence-electron chi connectivity index (χ1n) is 6.71. The van der Waals surface area contributed by atoms with Gasteiger partial charge in [-0.2, -0.15) is 5.10 Å². The van der Waals surface area contributed by atoms with Crippen molar-refractivity contribution in [3.8, 4) is 0 Å². The van der Waals surface area contributed by atoms with Gasteiger partial charge in [-0.05, 0) is 18.8 Å². The highest BCUT2D eigenvalue weighted by Crippen LogP contribution is 2.23. The Bertz CT molecular complexity index is 462. The number of carbonyl (C=O) groups is 2. The Morgan fingerprint density at radius 2 is 2.40 bits per heavy atom. The highest BCUT2D eigenvalue weighted by molar-refractivity contribution is 5.83. The van der Waals surface area contributed by atoms with Gasteiger partial charge in [-0.3, -0.25) is 5.10 Å². The highest BCUT2D eigenvalue weighted by Gasteiger charge is 2.39. The molecule has 0 bridgehead atoms. The second-order valence-electron chi connectivity index (χ2n) is 5.01. The van der Waals surface area contributed by atoms with E-state index in [0.717, 1.165) is 18.7 Å². The SMILES string of the molecule is CC1CCN(C(=O)NCCCc2ncn[nH]2)C1C(=O)O. The standard InChI is InChI=1S/C12H19N5O3/c1-8-4-6-17(10(8)11(18)19)12(20)13-5-2-3-9-14-7-15-16-9/h7-8,10H,2-6H2,1H3,(H,13,20)(H,18,19)(H,14,15,16). The first kappa shape index (κ1) is 14.3. The largest absolute Gasteiger partial charge is 0.480 e. The van der Waals surface area contributed by atoms with Gasteiger partial charge in [-0.25, -0.2) is 14.6 Å². The summed E-state index contributed by atoms with van der Waals surface area (Å²) in [4.78, 5) is 28.5. The Balaban J connectivity index is 1.75.